The third-order valence-electron chi connectivity index (χ3n) is 1.49. The summed E-state index contributed by atoms with van der Waals surface area (Å²) >= 11 is 5.67. The summed E-state index contributed by atoms with van der Waals surface area (Å²) < 4.78 is 2.10. The number of fused-ring (bicyclic) bond motifs is 1. The molecule has 0 spiro atoms. The molecule has 1 N–H and O–H groups in total. The maximum absolute atomic E-state index is 4.09. The zero-order valence-electron chi connectivity index (χ0n) is 5.44. The van der Waals surface area contributed by atoms with Crippen molar-refractivity contribution >= 4 is 49.4 Å². The molecule has 0 bridgehead atoms. The number of hydrogen-bond acceptors (Lipinski definition) is 1. The van der Waals surface area contributed by atoms with Gasteiger partial charge in [0.15, 0.2) is 0 Å². The van der Waals surface area contributed by atoms with Crippen molar-refractivity contribution in [3.05, 3.63) is 26.4 Å². The highest BCUT2D eigenvalue weighted by atomic mass is 127. The number of benzene rings is 1. The quantitative estimate of drug-likeness (QED) is 0.742. The van der Waals surface area contributed by atoms with Crippen LogP contribution in [-0.2, 0) is 0 Å². The van der Waals surface area contributed by atoms with E-state index in [1.807, 2.05) is 18.2 Å². The Morgan fingerprint density at radius 1 is 1.45 bits per heavy atom. The molecule has 2 rings (SSSR count). The molecule has 1 aromatic heterocycles. The van der Waals surface area contributed by atoms with Crippen molar-refractivity contribution in [3.8, 4) is 0 Å². The zero-order valence-corrected chi connectivity index (χ0v) is 9.18. The molecule has 11 heavy (non-hydrogen) atoms. The van der Waals surface area contributed by atoms with E-state index in [2.05, 4.69) is 48.7 Å². The fourth-order valence-corrected chi connectivity index (χ4v) is 2.62. The van der Waals surface area contributed by atoms with Gasteiger partial charge in [0, 0.05) is 9.86 Å². The second kappa shape index (κ2) is 2.75. The monoisotopic (exact) mass is 322 g/mol. The Labute approximate surface area is 85.6 Å². The summed E-state index contributed by atoms with van der Waals surface area (Å²) in [6.45, 7) is 0. The van der Waals surface area contributed by atoms with Crippen molar-refractivity contribution < 1.29 is 0 Å². The Kier molecular flexibility index (Phi) is 1.88. The molecule has 0 amide bonds. The standard InChI is InChI=1S/C7H4BrIN2/c8-4-2-1-3-5-6(4)7(9)11-10-5/h1-3H,(H,10,11). The molecule has 4 heteroatoms. The maximum atomic E-state index is 4.09. The average Bonchev–Trinajstić information content (AvgIpc) is 2.34. The van der Waals surface area contributed by atoms with Crippen LogP contribution in [0.25, 0.3) is 10.9 Å². The topological polar surface area (TPSA) is 28.7 Å². The van der Waals surface area contributed by atoms with E-state index in [9.17, 15) is 0 Å². The fourth-order valence-electron chi connectivity index (χ4n) is 0.992. The summed E-state index contributed by atoms with van der Waals surface area (Å²) in [7, 11) is 0. The van der Waals surface area contributed by atoms with E-state index in [-0.39, 0.29) is 0 Å². The van der Waals surface area contributed by atoms with Gasteiger partial charge in [-0.1, -0.05) is 6.07 Å². The smallest absolute Gasteiger partial charge is 0.132 e. The first-order chi connectivity index (χ1) is 5.29. The first-order valence-electron chi connectivity index (χ1n) is 3.07. The fraction of sp³-hybridized carbons (Fsp3) is 0. The number of halogens is 2. The molecule has 2 nitrogen and oxygen atoms in total. The maximum Gasteiger partial charge on any atom is 0.132 e. The predicted molar refractivity (Wildman–Crippen MR) is 56.5 cm³/mol. The van der Waals surface area contributed by atoms with Crippen LogP contribution in [0.4, 0.5) is 0 Å². The van der Waals surface area contributed by atoms with Crippen molar-refractivity contribution in [2.45, 2.75) is 0 Å². The lowest BCUT2D eigenvalue weighted by atomic mass is 10.3. The van der Waals surface area contributed by atoms with Gasteiger partial charge in [-0.05, 0) is 50.7 Å². The van der Waals surface area contributed by atoms with Gasteiger partial charge in [0.25, 0.3) is 0 Å². The van der Waals surface area contributed by atoms with E-state index in [0.717, 1.165) is 19.1 Å². The lowest BCUT2D eigenvalue weighted by Gasteiger charge is -1.90. The van der Waals surface area contributed by atoms with Gasteiger partial charge in [0.05, 0.1) is 5.52 Å². The predicted octanol–water partition coefficient (Wildman–Crippen LogP) is 2.93. The van der Waals surface area contributed by atoms with Crippen LogP contribution in [0, 0.1) is 3.70 Å². The summed E-state index contributed by atoms with van der Waals surface area (Å²) in [5, 5.41) is 8.19. The summed E-state index contributed by atoms with van der Waals surface area (Å²) in [5.41, 5.74) is 1.07. The molecule has 0 unspecified atom stereocenters. The minimum atomic E-state index is 1.00. The Hall–Kier alpha value is -0.100. The molecule has 0 radical (unpaired) electrons. The highest BCUT2D eigenvalue weighted by Gasteiger charge is 2.04. The second-order valence-corrected chi connectivity index (χ2v) is 4.05. The highest BCUT2D eigenvalue weighted by Crippen LogP contribution is 2.25. The normalized spacial score (nSPS) is 10.7. The number of H-pyrrole nitrogens is 1. The first-order valence-corrected chi connectivity index (χ1v) is 4.94. The van der Waals surface area contributed by atoms with Crippen LogP contribution in [0.1, 0.15) is 0 Å². The van der Waals surface area contributed by atoms with Gasteiger partial charge in [-0.15, -0.1) is 0 Å². The molecule has 1 aromatic carbocycles. The van der Waals surface area contributed by atoms with Gasteiger partial charge in [-0.3, -0.25) is 5.10 Å². The van der Waals surface area contributed by atoms with Crippen molar-refractivity contribution in [3.63, 3.8) is 0 Å². The van der Waals surface area contributed by atoms with Gasteiger partial charge >= 0.3 is 0 Å². The number of nitrogens with zero attached hydrogens (tertiary/aromatic N) is 1. The van der Waals surface area contributed by atoms with Crippen LogP contribution < -0.4 is 0 Å². The summed E-state index contributed by atoms with van der Waals surface area (Å²) in [6, 6.07) is 6.01. The Bertz CT molecular complexity index is 396. The van der Waals surface area contributed by atoms with Crippen LogP contribution in [0.2, 0.25) is 0 Å². The van der Waals surface area contributed by atoms with Gasteiger partial charge in [0.1, 0.15) is 3.70 Å². The van der Waals surface area contributed by atoms with Crippen molar-refractivity contribution in [2.24, 2.45) is 0 Å². The van der Waals surface area contributed by atoms with E-state index in [4.69, 9.17) is 0 Å². The largest absolute Gasteiger partial charge is 0.277 e. The Balaban J connectivity index is 2.96. The van der Waals surface area contributed by atoms with Gasteiger partial charge in [-0.2, -0.15) is 5.10 Å². The van der Waals surface area contributed by atoms with E-state index in [1.54, 1.807) is 0 Å². The molecule has 0 saturated heterocycles. The van der Waals surface area contributed by atoms with E-state index in [0.29, 0.717) is 0 Å². The molecule has 1 heterocycles. The highest BCUT2D eigenvalue weighted by molar-refractivity contribution is 14.1. The van der Waals surface area contributed by atoms with Crippen LogP contribution >= 0.6 is 38.5 Å². The van der Waals surface area contributed by atoms with Crippen molar-refractivity contribution in [1.82, 2.24) is 10.2 Å². The number of aromatic nitrogens is 2. The summed E-state index contributed by atoms with van der Waals surface area (Å²) in [6.07, 6.45) is 0. The molecule has 56 valence electrons. The van der Waals surface area contributed by atoms with Crippen molar-refractivity contribution in [2.75, 3.05) is 0 Å². The molecule has 0 aliphatic heterocycles. The lowest BCUT2D eigenvalue weighted by molar-refractivity contribution is 1.09. The number of aromatic amines is 1. The Morgan fingerprint density at radius 2 is 2.27 bits per heavy atom. The van der Waals surface area contributed by atoms with Gasteiger partial charge in [0.2, 0.25) is 0 Å². The third kappa shape index (κ3) is 1.18. The van der Waals surface area contributed by atoms with Crippen molar-refractivity contribution in [1.29, 1.82) is 0 Å². The lowest BCUT2D eigenvalue weighted by Crippen LogP contribution is -1.70. The van der Waals surface area contributed by atoms with E-state index in [1.165, 1.54) is 0 Å². The minimum absolute atomic E-state index is 1.00. The first kappa shape index (κ1) is 7.54. The number of nitrogens with one attached hydrogen (secondary N) is 1. The summed E-state index contributed by atoms with van der Waals surface area (Å²) in [5.74, 6) is 0. The molecule has 0 aliphatic rings. The van der Waals surface area contributed by atoms with E-state index >= 15 is 0 Å². The summed E-state index contributed by atoms with van der Waals surface area (Å²) in [4.78, 5) is 0. The Morgan fingerprint density at radius 3 is 3.00 bits per heavy atom. The van der Waals surface area contributed by atoms with Crippen LogP contribution in [0.3, 0.4) is 0 Å². The average molecular weight is 323 g/mol. The molecule has 2 aromatic rings. The SMILES string of the molecule is Brc1cccc2[nH]nc(I)c12. The van der Waals surface area contributed by atoms with Crippen LogP contribution in [-0.4, -0.2) is 10.2 Å². The van der Waals surface area contributed by atoms with Crippen LogP contribution in [0.15, 0.2) is 22.7 Å². The third-order valence-corrected chi connectivity index (χ3v) is 2.94. The second-order valence-electron chi connectivity index (χ2n) is 2.18. The minimum Gasteiger partial charge on any atom is -0.277 e. The molecule has 0 fully saturated rings. The van der Waals surface area contributed by atoms with Gasteiger partial charge < -0.3 is 0 Å². The number of rotatable bonds is 0. The molecule has 0 saturated carbocycles. The molecule has 0 atom stereocenters. The molecular formula is C7H4BrIN2. The molecule has 0 aliphatic carbocycles. The van der Waals surface area contributed by atoms with E-state index < -0.39 is 0 Å². The van der Waals surface area contributed by atoms with Gasteiger partial charge in [-0.25, -0.2) is 0 Å². The zero-order chi connectivity index (χ0) is 7.84. The number of hydrogen-bond donors (Lipinski definition) is 1. The molecular weight excluding hydrogens is 319 g/mol. The van der Waals surface area contributed by atoms with Crippen LogP contribution in [0.5, 0.6) is 0 Å².